The molecule has 5 nitrogen and oxygen atoms in total. The third-order valence-electron chi connectivity index (χ3n) is 3.74. The van der Waals surface area contributed by atoms with Gasteiger partial charge in [0.1, 0.15) is 12.4 Å². The molecule has 1 unspecified atom stereocenters. The van der Waals surface area contributed by atoms with Crippen LogP contribution in [0.3, 0.4) is 0 Å². The monoisotopic (exact) mass is 368 g/mol. The van der Waals surface area contributed by atoms with E-state index in [-0.39, 0.29) is 35.3 Å². The van der Waals surface area contributed by atoms with Crippen molar-refractivity contribution in [3.05, 3.63) is 57.4 Å². The average molecular weight is 369 g/mol. The van der Waals surface area contributed by atoms with Gasteiger partial charge in [0.2, 0.25) is 0 Å². The topological polar surface area (TPSA) is 70.0 Å². The molecule has 1 N–H and O–H groups in total. The number of alkyl halides is 3. The van der Waals surface area contributed by atoms with Gasteiger partial charge in [0.05, 0.1) is 17.3 Å². The number of nitrogens with zero attached hydrogens (tertiary/aromatic N) is 3. The third kappa shape index (κ3) is 3.60. The molecule has 0 saturated carbocycles. The van der Waals surface area contributed by atoms with Crippen molar-refractivity contribution in [3.63, 3.8) is 0 Å². The first-order valence-corrected chi connectivity index (χ1v) is 7.68. The van der Waals surface area contributed by atoms with E-state index in [0.29, 0.717) is 11.4 Å². The van der Waals surface area contributed by atoms with Gasteiger partial charge in [-0.25, -0.2) is 0 Å². The average Bonchev–Trinajstić information content (AvgIpc) is 2.58. The lowest BCUT2D eigenvalue weighted by Crippen LogP contribution is -2.34. The van der Waals surface area contributed by atoms with Crippen LogP contribution in [0.2, 0.25) is 5.02 Å². The Bertz CT molecular complexity index is 850. The quantitative estimate of drug-likeness (QED) is 0.441. The predicted molar refractivity (Wildman–Crippen MR) is 88.8 cm³/mol. The maximum absolute atomic E-state index is 13.4. The highest BCUT2D eigenvalue weighted by Gasteiger charge is 2.34. The normalized spacial score (nSPS) is 16.2. The maximum Gasteiger partial charge on any atom is 0.417 e. The van der Waals surface area contributed by atoms with Crippen LogP contribution in [0, 0.1) is 0 Å². The molecule has 0 aromatic heterocycles. The van der Waals surface area contributed by atoms with E-state index >= 15 is 0 Å². The van der Waals surface area contributed by atoms with Gasteiger partial charge in [-0.05, 0) is 23.2 Å². The number of hydrogen-bond donors (Lipinski definition) is 1. The number of halogens is 4. The van der Waals surface area contributed by atoms with Gasteiger partial charge in [-0.2, -0.15) is 13.2 Å². The predicted octanol–water partition coefficient (Wildman–Crippen LogP) is 5.51. The fourth-order valence-electron chi connectivity index (χ4n) is 2.69. The van der Waals surface area contributed by atoms with Crippen LogP contribution in [0.1, 0.15) is 5.56 Å². The van der Waals surface area contributed by atoms with E-state index in [2.05, 4.69) is 15.3 Å². The van der Waals surface area contributed by atoms with Crippen molar-refractivity contribution in [2.24, 2.45) is 5.11 Å². The molecule has 0 radical (unpaired) electrons. The van der Waals surface area contributed by atoms with Gasteiger partial charge in [0.25, 0.3) is 0 Å². The van der Waals surface area contributed by atoms with Gasteiger partial charge < -0.3 is 10.1 Å². The standard InChI is InChI=1S/C16H12ClF3N4O/c17-9-5-12(11-3-1-2-4-13(11)16(18,19)20)15-14(6-9)25-8-10(23-15)7-22-24-21/h1-6,10,23H,7-8H2. The van der Waals surface area contributed by atoms with Gasteiger partial charge in [0, 0.05) is 28.1 Å². The van der Waals surface area contributed by atoms with E-state index in [4.69, 9.17) is 21.9 Å². The summed E-state index contributed by atoms with van der Waals surface area (Å²) in [6.45, 7) is 0.325. The summed E-state index contributed by atoms with van der Waals surface area (Å²) in [6.07, 6.45) is -4.51. The molecule has 0 bridgehead atoms. The molecule has 1 atom stereocenters. The zero-order valence-electron chi connectivity index (χ0n) is 12.7. The highest BCUT2D eigenvalue weighted by atomic mass is 35.5. The number of benzene rings is 2. The Hall–Kier alpha value is -2.57. The zero-order chi connectivity index (χ0) is 18.0. The summed E-state index contributed by atoms with van der Waals surface area (Å²) in [7, 11) is 0. The lowest BCUT2D eigenvalue weighted by molar-refractivity contribution is -0.137. The molecule has 0 spiro atoms. The van der Waals surface area contributed by atoms with E-state index in [0.717, 1.165) is 6.07 Å². The first-order valence-electron chi connectivity index (χ1n) is 7.30. The van der Waals surface area contributed by atoms with Crippen LogP contribution in [-0.4, -0.2) is 19.2 Å². The lowest BCUT2D eigenvalue weighted by atomic mass is 9.96. The van der Waals surface area contributed by atoms with Crippen molar-refractivity contribution in [2.45, 2.75) is 12.2 Å². The van der Waals surface area contributed by atoms with Crippen LogP contribution in [0.4, 0.5) is 18.9 Å². The Morgan fingerprint density at radius 2 is 2.04 bits per heavy atom. The van der Waals surface area contributed by atoms with E-state index in [1.807, 2.05) is 0 Å². The summed E-state index contributed by atoms with van der Waals surface area (Å²) in [4.78, 5) is 2.69. The zero-order valence-corrected chi connectivity index (χ0v) is 13.5. The Morgan fingerprint density at radius 3 is 2.76 bits per heavy atom. The summed E-state index contributed by atoms with van der Waals surface area (Å²) >= 11 is 6.06. The number of nitrogens with one attached hydrogen (secondary N) is 1. The minimum atomic E-state index is -4.51. The molecule has 130 valence electrons. The van der Waals surface area contributed by atoms with Crippen molar-refractivity contribution in [3.8, 4) is 16.9 Å². The highest BCUT2D eigenvalue weighted by molar-refractivity contribution is 6.31. The van der Waals surface area contributed by atoms with Crippen LogP contribution in [0.25, 0.3) is 21.6 Å². The van der Waals surface area contributed by atoms with E-state index < -0.39 is 11.7 Å². The highest BCUT2D eigenvalue weighted by Crippen LogP contribution is 2.45. The molecule has 0 fully saturated rings. The smallest absolute Gasteiger partial charge is 0.417 e. The van der Waals surface area contributed by atoms with Crippen molar-refractivity contribution in [1.82, 2.24) is 0 Å². The second kappa shape index (κ2) is 6.74. The van der Waals surface area contributed by atoms with Gasteiger partial charge in [-0.1, -0.05) is 34.9 Å². The molecule has 1 aliphatic heterocycles. The minimum Gasteiger partial charge on any atom is -0.489 e. The molecule has 2 aromatic carbocycles. The van der Waals surface area contributed by atoms with Crippen LogP contribution in [-0.2, 0) is 6.18 Å². The molecule has 1 heterocycles. The summed E-state index contributed by atoms with van der Waals surface area (Å²) < 4.78 is 45.7. The second-order valence-electron chi connectivity index (χ2n) is 5.44. The number of anilines is 1. The van der Waals surface area contributed by atoms with Crippen molar-refractivity contribution >= 4 is 17.3 Å². The molecule has 0 amide bonds. The maximum atomic E-state index is 13.4. The fraction of sp³-hybridized carbons (Fsp3) is 0.250. The first kappa shape index (κ1) is 17.3. The molecule has 25 heavy (non-hydrogen) atoms. The molecule has 3 rings (SSSR count). The number of rotatable bonds is 3. The number of azide groups is 1. The first-order chi connectivity index (χ1) is 11.9. The molecule has 9 heteroatoms. The minimum absolute atomic E-state index is 0.00529. The molecular formula is C16H12ClF3N4O. The number of fused-ring (bicyclic) bond motifs is 1. The molecule has 0 aliphatic carbocycles. The third-order valence-corrected chi connectivity index (χ3v) is 3.96. The molecule has 2 aromatic rings. The fourth-order valence-corrected chi connectivity index (χ4v) is 2.90. The summed E-state index contributed by atoms with van der Waals surface area (Å²) in [5, 5.41) is 6.83. The van der Waals surface area contributed by atoms with Gasteiger partial charge in [-0.15, -0.1) is 0 Å². The van der Waals surface area contributed by atoms with Crippen molar-refractivity contribution in [2.75, 3.05) is 18.5 Å². The number of hydrogen-bond acceptors (Lipinski definition) is 3. The Labute approximate surface area is 146 Å². The van der Waals surface area contributed by atoms with E-state index in [1.165, 1.54) is 30.3 Å². The van der Waals surface area contributed by atoms with Crippen LogP contribution < -0.4 is 10.1 Å². The Kier molecular flexibility index (Phi) is 4.65. The van der Waals surface area contributed by atoms with Crippen LogP contribution >= 0.6 is 11.6 Å². The lowest BCUT2D eigenvalue weighted by Gasteiger charge is -2.29. The van der Waals surface area contributed by atoms with Crippen LogP contribution in [0.15, 0.2) is 41.5 Å². The van der Waals surface area contributed by atoms with Crippen LogP contribution in [0.5, 0.6) is 5.75 Å². The van der Waals surface area contributed by atoms with E-state index in [9.17, 15) is 13.2 Å². The summed E-state index contributed by atoms with van der Waals surface area (Å²) in [6, 6.07) is 7.90. The Morgan fingerprint density at radius 1 is 1.28 bits per heavy atom. The number of ether oxygens (including phenoxy) is 1. The molecule has 0 saturated heterocycles. The van der Waals surface area contributed by atoms with Crippen molar-refractivity contribution < 1.29 is 17.9 Å². The SMILES string of the molecule is [N-]=[N+]=NCC1COc2cc(Cl)cc(-c3ccccc3C(F)(F)F)c2N1. The van der Waals surface area contributed by atoms with E-state index in [1.54, 1.807) is 0 Å². The Balaban J connectivity index is 2.13. The van der Waals surface area contributed by atoms with Gasteiger partial charge >= 0.3 is 6.18 Å². The molecule has 1 aliphatic rings. The van der Waals surface area contributed by atoms with Gasteiger partial charge in [0.15, 0.2) is 0 Å². The summed E-state index contributed by atoms with van der Waals surface area (Å²) in [5.74, 6) is 0.358. The van der Waals surface area contributed by atoms with Gasteiger partial charge in [-0.3, -0.25) is 0 Å². The second-order valence-corrected chi connectivity index (χ2v) is 5.87. The summed E-state index contributed by atoms with van der Waals surface area (Å²) in [5.41, 5.74) is 8.34. The molecular weight excluding hydrogens is 357 g/mol. The van der Waals surface area contributed by atoms with Crippen molar-refractivity contribution in [1.29, 1.82) is 0 Å². The largest absolute Gasteiger partial charge is 0.489 e.